The molecular formula is C44H47N. The van der Waals surface area contributed by atoms with Crippen LogP contribution in [0.2, 0.25) is 0 Å². The van der Waals surface area contributed by atoms with Gasteiger partial charge in [0.05, 0.1) is 0 Å². The Kier molecular flexibility index (Phi) is 9.65. The zero-order valence-corrected chi connectivity index (χ0v) is 27.6. The molecule has 0 aromatic heterocycles. The van der Waals surface area contributed by atoms with E-state index < -0.39 is 0 Å². The second-order valence-corrected chi connectivity index (χ2v) is 12.7. The third-order valence-electron chi connectivity index (χ3n) is 9.43. The van der Waals surface area contributed by atoms with Crippen LogP contribution in [0.25, 0.3) is 43.8 Å². The van der Waals surface area contributed by atoms with Gasteiger partial charge in [-0.05, 0) is 112 Å². The molecule has 1 heteroatoms. The van der Waals surface area contributed by atoms with E-state index >= 15 is 0 Å². The number of fused-ring (bicyclic) bond motifs is 2. The van der Waals surface area contributed by atoms with Crippen LogP contribution in [-0.2, 0) is 12.8 Å². The van der Waals surface area contributed by atoms with Crippen molar-refractivity contribution in [3.05, 3.63) is 132 Å². The van der Waals surface area contributed by atoms with E-state index in [2.05, 4.69) is 148 Å². The zero-order valence-electron chi connectivity index (χ0n) is 27.6. The molecule has 0 bridgehead atoms. The number of nitrogens with zero attached hydrogens (tertiary/aromatic N) is 1. The van der Waals surface area contributed by atoms with Gasteiger partial charge in [0, 0.05) is 18.4 Å². The Morgan fingerprint density at radius 2 is 0.978 bits per heavy atom. The van der Waals surface area contributed by atoms with E-state index in [1.54, 1.807) is 0 Å². The highest BCUT2D eigenvalue weighted by Crippen LogP contribution is 2.44. The van der Waals surface area contributed by atoms with Gasteiger partial charge in [0.15, 0.2) is 0 Å². The van der Waals surface area contributed by atoms with Gasteiger partial charge in [-0.1, -0.05) is 136 Å². The topological polar surface area (TPSA) is 3.24 Å². The SMILES string of the molecule is CCCCCCc1ccc2c(-c3ccc(N(C)c4ccc(CCCC)cc4)cc3)c3ccccc3c(-c3ccc(C)cc3)c2c1. The Balaban J connectivity index is 1.44. The number of hydrogen-bond acceptors (Lipinski definition) is 1. The van der Waals surface area contributed by atoms with Gasteiger partial charge in [0.25, 0.3) is 0 Å². The van der Waals surface area contributed by atoms with E-state index in [4.69, 9.17) is 0 Å². The number of benzene rings is 6. The van der Waals surface area contributed by atoms with Crippen LogP contribution in [-0.4, -0.2) is 7.05 Å². The summed E-state index contributed by atoms with van der Waals surface area (Å²) in [5, 5.41) is 5.30. The molecule has 0 atom stereocenters. The molecule has 45 heavy (non-hydrogen) atoms. The summed E-state index contributed by atoms with van der Waals surface area (Å²) in [5.74, 6) is 0. The first kappa shape index (κ1) is 30.7. The standard InChI is InChI=1S/C44H47N/c1-5-7-9-10-14-34-21-30-41-42(31-34)44(35-22-17-32(3)18-23-35)40-16-12-11-15-39(40)43(41)36-24-28-38(29-25-36)45(4)37-26-19-33(20-27-37)13-8-6-2/h11-12,15-31H,5-10,13-14H2,1-4H3. The molecule has 0 saturated carbocycles. The lowest BCUT2D eigenvalue weighted by atomic mass is 9.85. The molecule has 0 aliphatic rings. The van der Waals surface area contributed by atoms with Crippen LogP contribution in [0.1, 0.15) is 69.1 Å². The lowest BCUT2D eigenvalue weighted by molar-refractivity contribution is 0.667. The first-order valence-corrected chi connectivity index (χ1v) is 17.0. The van der Waals surface area contributed by atoms with Crippen LogP contribution >= 0.6 is 0 Å². The van der Waals surface area contributed by atoms with Gasteiger partial charge in [-0.15, -0.1) is 0 Å². The van der Waals surface area contributed by atoms with E-state index in [-0.39, 0.29) is 0 Å². The third kappa shape index (κ3) is 6.69. The fourth-order valence-electron chi connectivity index (χ4n) is 6.75. The van der Waals surface area contributed by atoms with Crippen LogP contribution in [0, 0.1) is 6.92 Å². The quantitative estimate of drug-likeness (QED) is 0.101. The largest absolute Gasteiger partial charge is 0.345 e. The lowest BCUT2D eigenvalue weighted by Gasteiger charge is -2.21. The molecule has 0 saturated heterocycles. The maximum absolute atomic E-state index is 2.48. The minimum atomic E-state index is 1.13. The summed E-state index contributed by atoms with van der Waals surface area (Å²) in [6, 6.07) is 43.6. The molecular weight excluding hydrogens is 542 g/mol. The predicted molar refractivity (Wildman–Crippen MR) is 198 cm³/mol. The highest BCUT2D eigenvalue weighted by Gasteiger charge is 2.17. The van der Waals surface area contributed by atoms with Crippen molar-refractivity contribution in [3.63, 3.8) is 0 Å². The Labute approximate surface area is 270 Å². The average molecular weight is 590 g/mol. The fourth-order valence-corrected chi connectivity index (χ4v) is 6.75. The maximum Gasteiger partial charge on any atom is 0.0408 e. The van der Waals surface area contributed by atoms with E-state index in [1.165, 1.54) is 110 Å². The van der Waals surface area contributed by atoms with Crippen molar-refractivity contribution in [2.45, 2.75) is 72.1 Å². The lowest BCUT2D eigenvalue weighted by Crippen LogP contribution is -2.09. The van der Waals surface area contributed by atoms with Crippen molar-refractivity contribution in [3.8, 4) is 22.3 Å². The molecule has 6 rings (SSSR count). The van der Waals surface area contributed by atoms with Crippen molar-refractivity contribution in [2.24, 2.45) is 0 Å². The van der Waals surface area contributed by atoms with Gasteiger partial charge in [-0.2, -0.15) is 0 Å². The second kappa shape index (κ2) is 14.2. The van der Waals surface area contributed by atoms with Gasteiger partial charge < -0.3 is 4.90 Å². The molecule has 0 amide bonds. The molecule has 0 N–H and O–H groups in total. The monoisotopic (exact) mass is 589 g/mol. The van der Waals surface area contributed by atoms with Gasteiger partial charge in [-0.3, -0.25) is 0 Å². The molecule has 6 aromatic carbocycles. The van der Waals surface area contributed by atoms with Gasteiger partial charge >= 0.3 is 0 Å². The Bertz CT molecular complexity index is 1860. The number of unbranched alkanes of at least 4 members (excludes halogenated alkanes) is 4. The van der Waals surface area contributed by atoms with E-state index in [0.29, 0.717) is 0 Å². The van der Waals surface area contributed by atoms with Crippen molar-refractivity contribution < 1.29 is 0 Å². The Morgan fingerprint density at radius 3 is 1.60 bits per heavy atom. The molecule has 0 fully saturated rings. The molecule has 6 aromatic rings. The summed E-state index contributed by atoms with van der Waals surface area (Å²) in [6.45, 7) is 6.70. The van der Waals surface area contributed by atoms with E-state index in [9.17, 15) is 0 Å². The molecule has 0 spiro atoms. The smallest absolute Gasteiger partial charge is 0.0408 e. The van der Waals surface area contributed by atoms with Crippen LogP contribution in [0.5, 0.6) is 0 Å². The highest BCUT2D eigenvalue weighted by molar-refractivity contribution is 6.21. The third-order valence-corrected chi connectivity index (χ3v) is 9.43. The minimum absolute atomic E-state index is 1.13. The maximum atomic E-state index is 2.48. The van der Waals surface area contributed by atoms with Crippen molar-refractivity contribution in [1.29, 1.82) is 0 Å². The summed E-state index contributed by atoms with van der Waals surface area (Å²) >= 11 is 0. The molecule has 228 valence electrons. The second-order valence-electron chi connectivity index (χ2n) is 12.7. The highest BCUT2D eigenvalue weighted by atomic mass is 15.1. The van der Waals surface area contributed by atoms with Crippen LogP contribution in [0.15, 0.2) is 115 Å². The van der Waals surface area contributed by atoms with E-state index in [1.807, 2.05) is 0 Å². The van der Waals surface area contributed by atoms with Crippen LogP contribution in [0.3, 0.4) is 0 Å². The summed E-state index contributed by atoms with van der Waals surface area (Å²) in [7, 11) is 2.17. The summed E-state index contributed by atoms with van der Waals surface area (Å²) in [5.41, 5.74) is 11.8. The van der Waals surface area contributed by atoms with Gasteiger partial charge in [-0.25, -0.2) is 0 Å². The van der Waals surface area contributed by atoms with Crippen molar-refractivity contribution in [1.82, 2.24) is 0 Å². The normalized spacial score (nSPS) is 11.4. The summed E-state index contributed by atoms with van der Waals surface area (Å²) < 4.78 is 0. The molecule has 0 heterocycles. The number of hydrogen-bond donors (Lipinski definition) is 0. The van der Waals surface area contributed by atoms with Crippen molar-refractivity contribution >= 4 is 32.9 Å². The van der Waals surface area contributed by atoms with Gasteiger partial charge in [0.2, 0.25) is 0 Å². The number of anilines is 2. The number of rotatable bonds is 12. The first-order chi connectivity index (χ1) is 22.1. The Hall–Kier alpha value is -4.36. The first-order valence-electron chi connectivity index (χ1n) is 17.0. The predicted octanol–water partition coefficient (Wildman–Crippen LogP) is 12.9. The van der Waals surface area contributed by atoms with Crippen LogP contribution < -0.4 is 4.90 Å². The average Bonchev–Trinajstić information content (AvgIpc) is 3.08. The van der Waals surface area contributed by atoms with Crippen molar-refractivity contribution in [2.75, 3.05) is 11.9 Å². The summed E-state index contributed by atoms with van der Waals surface area (Å²) in [6.07, 6.45) is 9.88. The van der Waals surface area contributed by atoms with Gasteiger partial charge in [0.1, 0.15) is 0 Å². The molecule has 0 unspecified atom stereocenters. The molecule has 1 nitrogen and oxygen atoms in total. The molecule has 0 radical (unpaired) electrons. The zero-order chi connectivity index (χ0) is 31.2. The number of aryl methyl sites for hydroxylation is 3. The van der Waals surface area contributed by atoms with Crippen LogP contribution in [0.4, 0.5) is 11.4 Å². The van der Waals surface area contributed by atoms with E-state index in [0.717, 1.165) is 12.8 Å². The fraction of sp³-hybridized carbons (Fsp3) is 0.273. The molecule has 0 aliphatic carbocycles. The molecule has 0 aliphatic heterocycles. The summed E-state index contributed by atoms with van der Waals surface area (Å²) in [4.78, 5) is 2.29. The minimum Gasteiger partial charge on any atom is -0.345 e. The Morgan fingerprint density at radius 1 is 0.467 bits per heavy atom.